The maximum absolute atomic E-state index is 12.5. The van der Waals surface area contributed by atoms with Crippen LogP contribution in [0.25, 0.3) is 11.0 Å². The zero-order valence-electron chi connectivity index (χ0n) is 11.8. The predicted octanol–water partition coefficient (Wildman–Crippen LogP) is 4.45. The van der Waals surface area contributed by atoms with Crippen LogP contribution in [0.4, 0.5) is 0 Å². The van der Waals surface area contributed by atoms with Gasteiger partial charge in [-0.25, -0.2) is 0 Å². The number of carbonyl (C=O) groups is 1. The van der Waals surface area contributed by atoms with E-state index in [0.29, 0.717) is 23.7 Å². The summed E-state index contributed by atoms with van der Waals surface area (Å²) in [7, 11) is 0. The molecule has 0 amide bonds. The van der Waals surface area contributed by atoms with E-state index in [2.05, 4.69) is 0 Å². The summed E-state index contributed by atoms with van der Waals surface area (Å²) in [6.45, 7) is 2.69. The summed E-state index contributed by atoms with van der Waals surface area (Å²) in [5.74, 6) is 0.927. The molecule has 0 N–H and O–H groups in total. The van der Waals surface area contributed by atoms with Crippen molar-refractivity contribution in [2.24, 2.45) is 0 Å². The van der Waals surface area contributed by atoms with Gasteiger partial charge in [-0.15, -0.1) is 0 Å². The van der Waals surface area contributed by atoms with Crippen molar-refractivity contribution in [2.45, 2.75) is 13.3 Å². The monoisotopic (exact) mass is 280 g/mol. The molecule has 3 nitrogen and oxygen atoms in total. The van der Waals surface area contributed by atoms with Crippen molar-refractivity contribution in [3.63, 3.8) is 0 Å². The molecule has 0 radical (unpaired) electrons. The van der Waals surface area contributed by atoms with Gasteiger partial charge in [0.2, 0.25) is 5.78 Å². The van der Waals surface area contributed by atoms with Crippen LogP contribution in [-0.2, 0) is 0 Å². The van der Waals surface area contributed by atoms with Gasteiger partial charge in [-0.1, -0.05) is 37.3 Å². The van der Waals surface area contributed by atoms with Gasteiger partial charge in [0.1, 0.15) is 11.3 Å². The van der Waals surface area contributed by atoms with Gasteiger partial charge < -0.3 is 9.15 Å². The summed E-state index contributed by atoms with van der Waals surface area (Å²) in [6, 6.07) is 16.6. The first-order chi connectivity index (χ1) is 10.3. The van der Waals surface area contributed by atoms with Gasteiger partial charge in [-0.05, 0) is 30.7 Å². The Kier molecular flexibility index (Phi) is 3.73. The van der Waals surface area contributed by atoms with Crippen LogP contribution in [0.5, 0.6) is 5.75 Å². The van der Waals surface area contributed by atoms with Crippen LogP contribution in [0.3, 0.4) is 0 Å². The molecule has 3 aromatic rings. The van der Waals surface area contributed by atoms with Gasteiger partial charge in [-0.2, -0.15) is 0 Å². The van der Waals surface area contributed by atoms with E-state index in [4.69, 9.17) is 9.15 Å². The van der Waals surface area contributed by atoms with Gasteiger partial charge in [0.25, 0.3) is 0 Å². The lowest BCUT2D eigenvalue weighted by atomic mass is 10.1. The smallest absolute Gasteiger partial charge is 0.228 e. The summed E-state index contributed by atoms with van der Waals surface area (Å²) in [5, 5.41) is 0.930. The Morgan fingerprint density at radius 3 is 2.76 bits per heavy atom. The number of furan rings is 1. The second-order valence-corrected chi connectivity index (χ2v) is 4.85. The Morgan fingerprint density at radius 2 is 1.95 bits per heavy atom. The zero-order chi connectivity index (χ0) is 14.7. The number of para-hydroxylation sites is 1. The van der Waals surface area contributed by atoms with E-state index in [9.17, 15) is 4.79 Å². The van der Waals surface area contributed by atoms with Gasteiger partial charge in [-0.3, -0.25) is 4.79 Å². The summed E-state index contributed by atoms with van der Waals surface area (Å²) in [4.78, 5) is 12.5. The Balaban J connectivity index is 1.90. The van der Waals surface area contributed by atoms with E-state index in [1.54, 1.807) is 18.2 Å². The van der Waals surface area contributed by atoms with Crippen molar-refractivity contribution >= 4 is 16.8 Å². The van der Waals surface area contributed by atoms with E-state index >= 15 is 0 Å². The molecule has 0 aliphatic heterocycles. The van der Waals surface area contributed by atoms with Crippen LogP contribution in [0.1, 0.15) is 29.5 Å². The van der Waals surface area contributed by atoms with E-state index in [0.717, 1.165) is 17.4 Å². The Labute approximate surface area is 123 Å². The van der Waals surface area contributed by atoms with E-state index < -0.39 is 0 Å². The molecule has 0 fully saturated rings. The largest absolute Gasteiger partial charge is 0.494 e. The topological polar surface area (TPSA) is 39.4 Å². The summed E-state index contributed by atoms with van der Waals surface area (Å²) in [5.41, 5.74) is 1.29. The summed E-state index contributed by atoms with van der Waals surface area (Å²) < 4.78 is 11.2. The molecule has 3 heteroatoms. The fourth-order valence-electron chi connectivity index (χ4n) is 2.18. The van der Waals surface area contributed by atoms with Crippen LogP contribution >= 0.6 is 0 Å². The van der Waals surface area contributed by atoms with Gasteiger partial charge in [0, 0.05) is 10.9 Å². The molecular weight excluding hydrogens is 264 g/mol. The van der Waals surface area contributed by atoms with Gasteiger partial charge >= 0.3 is 0 Å². The average molecular weight is 280 g/mol. The van der Waals surface area contributed by atoms with Crippen molar-refractivity contribution in [3.8, 4) is 5.75 Å². The predicted molar refractivity (Wildman–Crippen MR) is 81.9 cm³/mol. The number of benzene rings is 2. The molecule has 0 saturated carbocycles. The molecule has 0 aliphatic rings. The van der Waals surface area contributed by atoms with Crippen molar-refractivity contribution in [1.82, 2.24) is 0 Å². The highest BCUT2D eigenvalue weighted by molar-refractivity contribution is 6.09. The Hall–Kier alpha value is -2.55. The van der Waals surface area contributed by atoms with E-state index in [1.807, 2.05) is 43.3 Å². The molecular formula is C18H16O3. The lowest BCUT2D eigenvalue weighted by molar-refractivity contribution is 0.101. The zero-order valence-corrected chi connectivity index (χ0v) is 11.8. The fourth-order valence-corrected chi connectivity index (χ4v) is 2.18. The molecule has 0 spiro atoms. The van der Waals surface area contributed by atoms with Crippen LogP contribution < -0.4 is 4.74 Å². The quantitative estimate of drug-likeness (QED) is 0.648. The molecule has 2 aromatic carbocycles. The Morgan fingerprint density at radius 1 is 1.10 bits per heavy atom. The van der Waals surface area contributed by atoms with Gasteiger partial charge in [0.15, 0.2) is 5.76 Å². The number of ketones is 1. The van der Waals surface area contributed by atoms with E-state index in [1.165, 1.54) is 0 Å². The normalized spacial score (nSPS) is 10.7. The van der Waals surface area contributed by atoms with Crippen molar-refractivity contribution in [2.75, 3.05) is 6.61 Å². The molecule has 0 bridgehead atoms. The number of hydrogen-bond acceptors (Lipinski definition) is 3. The standard InChI is InChI=1S/C18H16O3/c1-2-10-20-15-8-5-7-14(11-15)18(19)17-12-13-6-3-4-9-16(13)21-17/h3-9,11-12H,2,10H2,1H3. The number of hydrogen-bond donors (Lipinski definition) is 0. The molecule has 3 rings (SSSR count). The van der Waals surface area contributed by atoms with Crippen LogP contribution in [0, 0.1) is 0 Å². The molecule has 0 atom stereocenters. The third-order valence-corrected chi connectivity index (χ3v) is 3.22. The molecule has 0 unspecified atom stereocenters. The second kappa shape index (κ2) is 5.83. The van der Waals surface area contributed by atoms with Crippen molar-refractivity contribution in [1.29, 1.82) is 0 Å². The molecule has 0 saturated heterocycles. The number of carbonyl (C=O) groups excluding carboxylic acids is 1. The maximum Gasteiger partial charge on any atom is 0.228 e. The number of fused-ring (bicyclic) bond motifs is 1. The molecule has 0 aliphatic carbocycles. The first-order valence-electron chi connectivity index (χ1n) is 7.04. The van der Waals surface area contributed by atoms with Gasteiger partial charge in [0.05, 0.1) is 6.61 Å². The first-order valence-corrected chi connectivity index (χ1v) is 7.04. The first kappa shape index (κ1) is 13.4. The highest BCUT2D eigenvalue weighted by atomic mass is 16.5. The van der Waals surface area contributed by atoms with Crippen LogP contribution in [0.15, 0.2) is 59.0 Å². The molecule has 1 heterocycles. The summed E-state index contributed by atoms with van der Waals surface area (Å²) >= 11 is 0. The van der Waals surface area contributed by atoms with Crippen molar-refractivity contribution in [3.05, 3.63) is 65.9 Å². The molecule has 106 valence electrons. The van der Waals surface area contributed by atoms with Crippen molar-refractivity contribution < 1.29 is 13.9 Å². The lowest BCUT2D eigenvalue weighted by Crippen LogP contribution is -2.01. The minimum atomic E-state index is -0.131. The maximum atomic E-state index is 12.5. The van der Waals surface area contributed by atoms with Crippen LogP contribution in [0.2, 0.25) is 0 Å². The highest BCUT2D eigenvalue weighted by Gasteiger charge is 2.15. The third kappa shape index (κ3) is 2.82. The fraction of sp³-hybridized carbons (Fsp3) is 0.167. The van der Waals surface area contributed by atoms with Crippen LogP contribution in [-0.4, -0.2) is 12.4 Å². The average Bonchev–Trinajstić information content (AvgIpc) is 2.96. The summed E-state index contributed by atoms with van der Waals surface area (Å²) in [6.07, 6.45) is 0.932. The third-order valence-electron chi connectivity index (χ3n) is 3.22. The van der Waals surface area contributed by atoms with E-state index in [-0.39, 0.29) is 5.78 Å². The molecule has 1 aromatic heterocycles. The highest BCUT2D eigenvalue weighted by Crippen LogP contribution is 2.22. The minimum Gasteiger partial charge on any atom is -0.494 e. The number of rotatable bonds is 5. The minimum absolute atomic E-state index is 0.131. The molecule has 21 heavy (non-hydrogen) atoms. The lowest BCUT2D eigenvalue weighted by Gasteiger charge is -2.05. The Bertz CT molecular complexity index is 738. The second-order valence-electron chi connectivity index (χ2n) is 4.85. The number of ether oxygens (including phenoxy) is 1. The SMILES string of the molecule is CCCOc1cccc(C(=O)c2cc3ccccc3o2)c1.